The molecule has 1 heterocycles. The van der Waals surface area contributed by atoms with Crippen molar-refractivity contribution in [1.29, 1.82) is 0 Å². The van der Waals surface area contributed by atoms with Crippen LogP contribution in [0.25, 0.3) is 0 Å². The fourth-order valence-corrected chi connectivity index (χ4v) is 1.54. The van der Waals surface area contributed by atoms with Gasteiger partial charge in [0, 0.05) is 6.20 Å². The van der Waals surface area contributed by atoms with Gasteiger partial charge in [-0.05, 0) is 17.8 Å². The van der Waals surface area contributed by atoms with Crippen LogP contribution in [0.2, 0.25) is 0 Å². The molecule has 3 heteroatoms. The smallest absolute Gasteiger partial charge is 0.235 e. The van der Waals surface area contributed by atoms with Gasteiger partial charge >= 0.3 is 0 Å². The summed E-state index contributed by atoms with van der Waals surface area (Å²) in [5.41, 5.74) is 5.51. The largest absolute Gasteiger partial charge is 0.368 e. The molecule has 0 aromatic carbocycles. The molecule has 0 fully saturated rings. The minimum atomic E-state index is -0.736. The Hall–Kier alpha value is -1.77. The lowest BCUT2D eigenvalue weighted by molar-refractivity contribution is -0.122. The maximum absolute atomic E-state index is 11.3. The highest BCUT2D eigenvalue weighted by molar-refractivity contribution is 5.90. The quantitative estimate of drug-likeness (QED) is 0.611. The first-order valence-electron chi connectivity index (χ1n) is 4.06. The molecule has 13 heavy (non-hydrogen) atoms. The Kier molecular flexibility index (Phi) is 1.59. The third kappa shape index (κ3) is 1.01. The first kappa shape index (κ1) is 7.86. The van der Waals surface area contributed by atoms with Gasteiger partial charge in [-0.1, -0.05) is 24.3 Å². The average molecular weight is 174 g/mol. The molecular formula is C10H10N2O. The van der Waals surface area contributed by atoms with Crippen LogP contribution in [0, 0.1) is 5.41 Å². The Labute approximate surface area is 76.3 Å². The Morgan fingerprint density at radius 1 is 1.38 bits per heavy atom. The predicted octanol–water partition coefficient (Wildman–Crippen LogP) is 0.585. The number of nitrogens with one attached hydrogen (secondary N) is 1. The fraction of sp³-hybridized carbons (Fsp3) is 0.100. The number of hydrogen-bond donors (Lipinski definition) is 2. The molecule has 3 N–H and O–H groups in total. The molecule has 0 bridgehead atoms. The van der Waals surface area contributed by atoms with Crippen molar-refractivity contribution in [2.45, 2.75) is 0 Å². The Bertz CT molecular complexity index is 363. The number of rotatable bonds is 1. The summed E-state index contributed by atoms with van der Waals surface area (Å²) in [5, 5.41) is 2.93. The van der Waals surface area contributed by atoms with Gasteiger partial charge in [-0.15, -0.1) is 0 Å². The number of carbonyl (C=O) groups excluding carboxylic acids is 1. The molecule has 1 amide bonds. The summed E-state index contributed by atoms with van der Waals surface area (Å²) in [6, 6.07) is 0. The van der Waals surface area contributed by atoms with Crippen molar-refractivity contribution in [2.24, 2.45) is 11.1 Å². The minimum absolute atomic E-state index is 0.350. The van der Waals surface area contributed by atoms with E-state index in [1.807, 2.05) is 18.2 Å². The van der Waals surface area contributed by atoms with E-state index in [2.05, 4.69) is 5.32 Å². The lowest BCUT2D eigenvalue weighted by atomic mass is 9.76. The summed E-state index contributed by atoms with van der Waals surface area (Å²) in [4.78, 5) is 11.3. The van der Waals surface area contributed by atoms with E-state index in [9.17, 15) is 4.79 Å². The highest BCUT2D eigenvalue weighted by Crippen LogP contribution is 2.35. The first-order chi connectivity index (χ1) is 6.26. The van der Waals surface area contributed by atoms with Crippen molar-refractivity contribution in [3.8, 4) is 0 Å². The van der Waals surface area contributed by atoms with Crippen molar-refractivity contribution in [1.82, 2.24) is 5.32 Å². The van der Waals surface area contributed by atoms with Crippen molar-refractivity contribution in [2.75, 3.05) is 0 Å². The van der Waals surface area contributed by atoms with Crippen LogP contribution in [0.5, 0.6) is 0 Å². The molecule has 1 unspecified atom stereocenters. The average Bonchev–Trinajstić information content (AvgIpc) is 2.17. The molecule has 0 aromatic rings. The zero-order valence-corrected chi connectivity index (χ0v) is 7.03. The van der Waals surface area contributed by atoms with E-state index < -0.39 is 5.41 Å². The van der Waals surface area contributed by atoms with E-state index in [4.69, 9.17) is 5.73 Å². The molecule has 1 aliphatic carbocycles. The topological polar surface area (TPSA) is 55.1 Å². The van der Waals surface area contributed by atoms with Crippen LogP contribution in [0.3, 0.4) is 0 Å². The number of amides is 1. The van der Waals surface area contributed by atoms with Gasteiger partial charge in [-0.25, -0.2) is 0 Å². The highest BCUT2D eigenvalue weighted by Gasteiger charge is 2.36. The zero-order chi connectivity index (χ0) is 9.31. The van der Waals surface area contributed by atoms with Gasteiger partial charge < -0.3 is 11.1 Å². The summed E-state index contributed by atoms with van der Waals surface area (Å²) < 4.78 is 0. The molecule has 2 rings (SSSR count). The summed E-state index contributed by atoms with van der Waals surface area (Å²) in [5.74, 6) is -0.350. The number of allylic oxidation sites excluding steroid dienone is 3. The molecule has 0 saturated carbocycles. The van der Waals surface area contributed by atoms with E-state index in [0.29, 0.717) is 0 Å². The van der Waals surface area contributed by atoms with E-state index in [1.165, 1.54) is 0 Å². The monoisotopic (exact) mass is 174 g/mol. The molecule has 0 saturated heterocycles. The van der Waals surface area contributed by atoms with Crippen LogP contribution in [0.15, 0.2) is 48.4 Å². The number of nitrogens with two attached hydrogens (primary N) is 1. The first-order valence-corrected chi connectivity index (χ1v) is 4.06. The van der Waals surface area contributed by atoms with Crippen LogP contribution in [-0.4, -0.2) is 5.91 Å². The Morgan fingerprint density at radius 2 is 2.23 bits per heavy atom. The van der Waals surface area contributed by atoms with Gasteiger partial charge in [0.05, 0.1) is 0 Å². The van der Waals surface area contributed by atoms with Crippen LogP contribution in [-0.2, 0) is 4.79 Å². The summed E-state index contributed by atoms with van der Waals surface area (Å²) in [6.45, 7) is 0. The van der Waals surface area contributed by atoms with Crippen molar-refractivity contribution in [3.63, 3.8) is 0 Å². The fourth-order valence-electron chi connectivity index (χ4n) is 1.54. The zero-order valence-electron chi connectivity index (χ0n) is 7.03. The lowest BCUT2D eigenvalue weighted by Crippen LogP contribution is -2.38. The van der Waals surface area contributed by atoms with E-state index in [-0.39, 0.29) is 5.91 Å². The van der Waals surface area contributed by atoms with Crippen LogP contribution < -0.4 is 11.1 Å². The number of primary amides is 1. The number of carbonyl (C=O) groups is 1. The normalized spacial score (nSPS) is 29.1. The third-order valence-electron chi connectivity index (χ3n) is 2.31. The molecule has 0 radical (unpaired) electrons. The SMILES string of the molecule is NC(=O)C12C=CC=CC1=CNC=C2. The lowest BCUT2D eigenvalue weighted by Gasteiger charge is -2.29. The van der Waals surface area contributed by atoms with Crippen molar-refractivity contribution in [3.05, 3.63) is 48.4 Å². The molecule has 0 aromatic heterocycles. The Balaban J connectivity index is 2.53. The summed E-state index contributed by atoms with van der Waals surface area (Å²) >= 11 is 0. The van der Waals surface area contributed by atoms with E-state index in [0.717, 1.165) is 5.57 Å². The maximum atomic E-state index is 11.3. The van der Waals surface area contributed by atoms with Crippen molar-refractivity contribution >= 4 is 5.91 Å². The summed E-state index contributed by atoms with van der Waals surface area (Å²) in [6.07, 6.45) is 12.7. The number of hydrogen-bond acceptors (Lipinski definition) is 2. The Morgan fingerprint density at radius 3 is 2.92 bits per heavy atom. The van der Waals surface area contributed by atoms with Gasteiger partial charge in [0.1, 0.15) is 5.41 Å². The van der Waals surface area contributed by atoms with E-state index >= 15 is 0 Å². The molecule has 66 valence electrons. The number of fused-ring (bicyclic) bond motifs is 1. The van der Waals surface area contributed by atoms with Gasteiger partial charge in [-0.2, -0.15) is 0 Å². The standard InChI is InChI=1S/C10H10N2O/c11-9(13)10-4-2-1-3-8(10)7-12-6-5-10/h1-7,12H,(H2,11,13). The molecule has 2 aliphatic rings. The van der Waals surface area contributed by atoms with Gasteiger partial charge in [0.2, 0.25) is 5.91 Å². The highest BCUT2D eigenvalue weighted by atomic mass is 16.1. The predicted molar refractivity (Wildman–Crippen MR) is 50.3 cm³/mol. The second kappa shape index (κ2) is 2.62. The molecule has 0 spiro atoms. The van der Waals surface area contributed by atoms with Gasteiger partial charge in [0.25, 0.3) is 0 Å². The van der Waals surface area contributed by atoms with E-state index in [1.54, 1.807) is 24.6 Å². The molecule has 1 aliphatic heterocycles. The van der Waals surface area contributed by atoms with Crippen LogP contribution in [0.1, 0.15) is 0 Å². The van der Waals surface area contributed by atoms with Gasteiger partial charge in [-0.3, -0.25) is 4.79 Å². The molecule has 1 atom stereocenters. The second-order valence-electron chi connectivity index (χ2n) is 3.05. The molecular weight excluding hydrogens is 164 g/mol. The molecule has 3 nitrogen and oxygen atoms in total. The maximum Gasteiger partial charge on any atom is 0.235 e. The van der Waals surface area contributed by atoms with Crippen LogP contribution >= 0.6 is 0 Å². The third-order valence-corrected chi connectivity index (χ3v) is 2.31. The number of dihydropyridines is 1. The van der Waals surface area contributed by atoms with Crippen molar-refractivity contribution < 1.29 is 4.79 Å². The minimum Gasteiger partial charge on any atom is -0.368 e. The second-order valence-corrected chi connectivity index (χ2v) is 3.05. The van der Waals surface area contributed by atoms with Gasteiger partial charge in [0.15, 0.2) is 0 Å². The van der Waals surface area contributed by atoms with Crippen LogP contribution in [0.4, 0.5) is 0 Å². The summed E-state index contributed by atoms with van der Waals surface area (Å²) in [7, 11) is 0.